The molecule has 0 radical (unpaired) electrons. The summed E-state index contributed by atoms with van der Waals surface area (Å²) in [6.07, 6.45) is 0. The molecule has 8 nitrogen and oxygen atoms in total. The lowest BCUT2D eigenvalue weighted by Crippen LogP contribution is -2.26. The van der Waals surface area contributed by atoms with Gasteiger partial charge in [-0.15, -0.1) is 0 Å². The van der Waals surface area contributed by atoms with Crippen LogP contribution in [0.25, 0.3) is 11.4 Å². The van der Waals surface area contributed by atoms with Gasteiger partial charge in [0.2, 0.25) is 11.7 Å². The van der Waals surface area contributed by atoms with Crippen molar-refractivity contribution in [1.29, 1.82) is 0 Å². The van der Waals surface area contributed by atoms with Gasteiger partial charge in [0.25, 0.3) is 5.91 Å². The molecule has 1 amide bonds. The highest BCUT2D eigenvalue weighted by atomic mass is 35.5. The number of carbonyl (C=O) groups excluding carboxylic acids is 1. The molecular formula is C20H21ClN4O4. The number of aromatic nitrogens is 2. The Labute approximate surface area is 173 Å². The molecule has 0 aliphatic heterocycles. The highest BCUT2D eigenvalue weighted by molar-refractivity contribution is 6.33. The van der Waals surface area contributed by atoms with Gasteiger partial charge in [0.15, 0.2) is 0 Å². The van der Waals surface area contributed by atoms with Gasteiger partial charge in [-0.1, -0.05) is 28.9 Å². The zero-order valence-electron chi connectivity index (χ0n) is 16.1. The monoisotopic (exact) mass is 416 g/mol. The summed E-state index contributed by atoms with van der Waals surface area (Å²) in [4.78, 5) is 16.6. The van der Waals surface area contributed by atoms with Crippen LogP contribution in [-0.2, 0) is 11.3 Å². The predicted molar refractivity (Wildman–Crippen MR) is 109 cm³/mol. The third-order valence-electron chi connectivity index (χ3n) is 4.07. The van der Waals surface area contributed by atoms with Gasteiger partial charge in [0, 0.05) is 19.2 Å². The number of halogens is 1. The molecule has 0 unspecified atom stereocenters. The second kappa shape index (κ2) is 9.90. The Hall–Kier alpha value is -3.10. The fraction of sp³-hybridized carbons (Fsp3) is 0.250. The van der Waals surface area contributed by atoms with Crippen LogP contribution in [0.4, 0.5) is 5.69 Å². The van der Waals surface area contributed by atoms with Crippen molar-refractivity contribution >= 4 is 23.2 Å². The zero-order valence-corrected chi connectivity index (χ0v) is 16.8. The number of carbonyl (C=O) groups is 1. The van der Waals surface area contributed by atoms with Gasteiger partial charge in [-0.3, -0.25) is 4.79 Å². The van der Waals surface area contributed by atoms with Crippen LogP contribution in [0.5, 0.6) is 5.75 Å². The number of hydrogen-bond donors (Lipinski definition) is 2. The van der Waals surface area contributed by atoms with Crippen LogP contribution >= 0.6 is 11.6 Å². The molecule has 3 aromatic rings. The summed E-state index contributed by atoms with van der Waals surface area (Å²) in [5.74, 6) is 1.24. The van der Waals surface area contributed by atoms with E-state index in [1.54, 1.807) is 32.4 Å². The summed E-state index contributed by atoms with van der Waals surface area (Å²) in [5.41, 5.74) is 1.80. The van der Waals surface area contributed by atoms with E-state index in [1.165, 1.54) is 0 Å². The molecule has 0 bridgehead atoms. The summed E-state index contributed by atoms with van der Waals surface area (Å²) < 4.78 is 15.6. The van der Waals surface area contributed by atoms with Crippen molar-refractivity contribution in [3.8, 4) is 17.1 Å². The SMILES string of the molecule is COCCNC(=O)c1ccc(Cl)c(NCc2nc(-c3ccccc3OC)no2)c1. The molecule has 0 saturated heterocycles. The first-order valence-corrected chi connectivity index (χ1v) is 9.26. The largest absolute Gasteiger partial charge is 0.496 e. The summed E-state index contributed by atoms with van der Waals surface area (Å²) in [6, 6.07) is 12.4. The molecular weight excluding hydrogens is 396 g/mol. The standard InChI is InChI=1S/C20H21ClN4O4/c1-27-10-9-22-20(26)13-7-8-15(21)16(11-13)23-12-18-24-19(25-29-18)14-5-3-4-6-17(14)28-2/h3-8,11,23H,9-10,12H2,1-2H3,(H,22,26). The van der Waals surface area contributed by atoms with Crippen molar-refractivity contribution in [2.45, 2.75) is 6.54 Å². The molecule has 1 heterocycles. The predicted octanol–water partition coefficient (Wildman–Crippen LogP) is 3.39. The van der Waals surface area contributed by atoms with Gasteiger partial charge in [-0.2, -0.15) is 4.98 Å². The lowest BCUT2D eigenvalue weighted by Gasteiger charge is -2.09. The molecule has 0 aliphatic rings. The first-order chi connectivity index (χ1) is 14.1. The van der Waals surface area contributed by atoms with Crippen LogP contribution < -0.4 is 15.4 Å². The Morgan fingerprint density at radius 3 is 2.83 bits per heavy atom. The van der Waals surface area contributed by atoms with Crippen LogP contribution in [0, 0.1) is 0 Å². The number of ether oxygens (including phenoxy) is 2. The normalized spacial score (nSPS) is 10.6. The van der Waals surface area contributed by atoms with Crippen molar-refractivity contribution in [2.24, 2.45) is 0 Å². The Balaban J connectivity index is 1.68. The highest BCUT2D eigenvalue weighted by Crippen LogP contribution is 2.28. The quantitative estimate of drug-likeness (QED) is 0.516. The number of anilines is 1. The first-order valence-electron chi connectivity index (χ1n) is 8.89. The number of benzene rings is 2. The van der Waals surface area contributed by atoms with E-state index < -0.39 is 0 Å². The number of nitrogens with one attached hydrogen (secondary N) is 2. The summed E-state index contributed by atoms with van der Waals surface area (Å²) in [5, 5.41) is 10.4. The van der Waals surface area contributed by atoms with Crippen LogP contribution in [0.2, 0.25) is 5.02 Å². The number of rotatable bonds is 9. The lowest BCUT2D eigenvalue weighted by atomic mass is 10.2. The maximum atomic E-state index is 12.2. The average molecular weight is 417 g/mol. The van der Waals surface area contributed by atoms with Gasteiger partial charge in [-0.05, 0) is 30.3 Å². The van der Waals surface area contributed by atoms with Crippen molar-refractivity contribution < 1.29 is 18.8 Å². The van der Waals surface area contributed by atoms with E-state index in [9.17, 15) is 4.79 Å². The van der Waals surface area contributed by atoms with Gasteiger partial charge in [0.1, 0.15) is 5.75 Å². The maximum Gasteiger partial charge on any atom is 0.251 e. The molecule has 152 valence electrons. The summed E-state index contributed by atoms with van der Waals surface area (Å²) in [7, 11) is 3.16. The second-order valence-corrected chi connectivity index (χ2v) is 6.42. The Kier molecular flexibility index (Phi) is 7.04. The molecule has 3 rings (SSSR count). The van der Waals surface area contributed by atoms with E-state index in [4.69, 9.17) is 25.6 Å². The third-order valence-corrected chi connectivity index (χ3v) is 4.40. The molecule has 2 aromatic carbocycles. The van der Waals surface area contributed by atoms with Crippen LogP contribution in [0.3, 0.4) is 0 Å². The van der Waals surface area contributed by atoms with E-state index in [0.717, 1.165) is 5.56 Å². The highest BCUT2D eigenvalue weighted by Gasteiger charge is 2.14. The molecule has 1 aromatic heterocycles. The fourth-order valence-electron chi connectivity index (χ4n) is 2.61. The van der Waals surface area contributed by atoms with Gasteiger partial charge >= 0.3 is 0 Å². The number of para-hydroxylation sites is 1. The Morgan fingerprint density at radius 1 is 1.21 bits per heavy atom. The van der Waals surface area contributed by atoms with E-state index >= 15 is 0 Å². The average Bonchev–Trinajstić information content (AvgIpc) is 3.22. The molecule has 0 fully saturated rings. The fourth-order valence-corrected chi connectivity index (χ4v) is 2.79. The van der Waals surface area contributed by atoms with Crippen molar-refractivity contribution in [3.05, 3.63) is 58.9 Å². The van der Waals surface area contributed by atoms with Crippen LogP contribution in [0.1, 0.15) is 16.2 Å². The zero-order chi connectivity index (χ0) is 20.6. The molecule has 0 aliphatic carbocycles. The maximum absolute atomic E-state index is 12.2. The molecule has 2 N–H and O–H groups in total. The summed E-state index contributed by atoms with van der Waals surface area (Å²) in [6.45, 7) is 1.11. The van der Waals surface area contributed by atoms with E-state index in [0.29, 0.717) is 46.9 Å². The lowest BCUT2D eigenvalue weighted by molar-refractivity contribution is 0.0937. The Bertz CT molecular complexity index is 977. The molecule has 0 saturated carbocycles. The third kappa shape index (κ3) is 5.24. The van der Waals surface area contributed by atoms with E-state index in [2.05, 4.69) is 20.8 Å². The molecule has 0 spiro atoms. The topological polar surface area (TPSA) is 98.5 Å². The number of nitrogens with zero attached hydrogens (tertiary/aromatic N) is 2. The van der Waals surface area contributed by atoms with Gasteiger partial charge in [-0.25, -0.2) is 0 Å². The smallest absolute Gasteiger partial charge is 0.251 e. The van der Waals surface area contributed by atoms with Crippen molar-refractivity contribution in [3.63, 3.8) is 0 Å². The number of methoxy groups -OCH3 is 2. The van der Waals surface area contributed by atoms with E-state index in [1.807, 2.05) is 24.3 Å². The molecule has 9 heteroatoms. The van der Waals surface area contributed by atoms with Crippen molar-refractivity contribution in [1.82, 2.24) is 15.5 Å². The van der Waals surface area contributed by atoms with Gasteiger partial charge in [0.05, 0.1) is 36.5 Å². The minimum absolute atomic E-state index is 0.210. The van der Waals surface area contributed by atoms with Crippen LogP contribution in [-0.4, -0.2) is 43.4 Å². The Morgan fingerprint density at radius 2 is 2.03 bits per heavy atom. The summed E-state index contributed by atoms with van der Waals surface area (Å²) >= 11 is 6.24. The second-order valence-electron chi connectivity index (χ2n) is 6.01. The minimum atomic E-state index is -0.210. The van der Waals surface area contributed by atoms with Gasteiger partial charge < -0.3 is 24.6 Å². The number of hydrogen-bond acceptors (Lipinski definition) is 7. The van der Waals surface area contributed by atoms with E-state index in [-0.39, 0.29) is 12.5 Å². The minimum Gasteiger partial charge on any atom is -0.496 e. The molecule has 29 heavy (non-hydrogen) atoms. The van der Waals surface area contributed by atoms with Crippen LogP contribution in [0.15, 0.2) is 47.0 Å². The van der Waals surface area contributed by atoms with Crippen molar-refractivity contribution in [2.75, 3.05) is 32.7 Å². The first kappa shape index (κ1) is 20.6. The number of amides is 1. The molecule has 0 atom stereocenters.